The number of aliphatic hydroxyl groups excluding tert-OH is 4. The van der Waals surface area contributed by atoms with Crippen LogP contribution in [0.4, 0.5) is 0 Å². The van der Waals surface area contributed by atoms with E-state index in [1.54, 1.807) is 30.4 Å². The smallest absolute Gasteiger partial charge is 0.462 e. The number of allylic oxidation sites excluding steroid dienone is 8. The number of rotatable bonds is 38. The number of phosphoric ester groups is 1. The van der Waals surface area contributed by atoms with Gasteiger partial charge in [-0.15, -0.1) is 0 Å². The predicted molar refractivity (Wildman–Crippen MR) is 226 cm³/mol. The second-order valence-corrected chi connectivity index (χ2v) is 15.5. The number of carbonyl (C=O) groups excluding carboxylic acids is 2. The number of unbranched alkanes of at least 4 members (excludes halogenated alkanes) is 13. The fraction of sp³-hybridized carbons (Fsp3) is 0.682. The third-order valence-electron chi connectivity index (χ3n) is 8.55. The van der Waals surface area contributed by atoms with E-state index in [2.05, 4.69) is 11.4 Å². The zero-order valence-electron chi connectivity index (χ0n) is 34.7. The van der Waals surface area contributed by atoms with E-state index >= 15 is 0 Å². The van der Waals surface area contributed by atoms with Crippen LogP contribution in [0.2, 0.25) is 0 Å². The van der Waals surface area contributed by atoms with E-state index in [0.29, 0.717) is 32.1 Å². The highest BCUT2D eigenvalue weighted by Crippen LogP contribution is 2.43. The molecule has 57 heavy (non-hydrogen) atoms. The maximum Gasteiger partial charge on any atom is 0.472 e. The lowest BCUT2D eigenvalue weighted by Crippen LogP contribution is -2.29. The minimum absolute atomic E-state index is 0.00400. The number of phosphoric acid groups is 1. The summed E-state index contributed by atoms with van der Waals surface area (Å²) in [7, 11) is -4.67. The van der Waals surface area contributed by atoms with Crippen LogP contribution < -0.4 is 0 Å². The van der Waals surface area contributed by atoms with Crippen molar-refractivity contribution in [3.05, 3.63) is 72.9 Å². The van der Waals surface area contributed by atoms with Gasteiger partial charge in [-0.3, -0.25) is 18.6 Å². The molecular formula is C44H75O12P. The quantitative estimate of drug-likeness (QED) is 0.0131. The fourth-order valence-corrected chi connectivity index (χ4v) is 6.05. The number of hydrogen-bond acceptors (Lipinski definition) is 11. The van der Waals surface area contributed by atoms with E-state index in [1.165, 1.54) is 57.8 Å². The summed E-state index contributed by atoms with van der Waals surface area (Å²) in [6.07, 6.45) is 36.6. The Morgan fingerprint density at radius 2 is 1.21 bits per heavy atom. The van der Waals surface area contributed by atoms with Crippen molar-refractivity contribution in [2.45, 2.75) is 167 Å². The number of carbonyl (C=O) groups is 2. The third kappa shape index (κ3) is 38.6. The third-order valence-corrected chi connectivity index (χ3v) is 9.50. The molecule has 1 unspecified atom stereocenters. The predicted octanol–water partition coefficient (Wildman–Crippen LogP) is 8.83. The first-order valence-corrected chi connectivity index (χ1v) is 22.6. The largest absolute Gasteiger partial charge is 0.472 e. The molecule has 5 N–H and O–H groups in total. The molecular weight excluding hydrogens is 751 g/mol. The van der Waals surface area contributed by atoms with Gasteiger partial charge in [-0.2, -0.15) is 0 Å². The Morgan fingerprint density at radius 1 is 0.632 bits per heavy atom. The Kier molecular flexibility index (Phi) is 37.0. The molecule has 0 aromatic heterocycles. The van der Waals surface area contributed by atoms with Crippen molar-refractivity contribution >= 4 is 19.8 Å². The minimum Gasteiger partial charge on any atom is -0.462 e. The van der Waals surface area contributed by atoms with Gasteiger partial charge < -0.3 is 34.8 Å². The van der Waals surface area contributed by atoms with Gasteiger partial charge in [0.2, 0.25) is 0 Å². The van der Waals surface area contributed by atoms with Crippen molar-refractivity contribution in [2.75, 3.05) is 26.4 Å². The molecule has 0 rings (SSSR count). The molecule has 0 saturated carbocycles. The topological polar surface area (TPSA) is 189 Å². The maximum absolute atomic E-state index is 12.6. The highest BCUT2D eigenvalue weighted by atomic mass is 31.2. The molecule has 13 heteroatoms. The van der Waals surface area contributed by atoms with Crippen molar-refractivity contribution in [3.8, 4) is 0 Å². The van der Waals surface area contributed by atoms with Gasteiger partial charge >= 0.3 is 19.8 Å². The number of hydrogen-bond donors (Lipinski definition) is 5. The van der Waals surface area contributed by atoms with Crippen molar-refractivity contribution in [2.24, 2.45) is 0 Å². The van der Waals surface area contributed by atoms with E-state index in [1.807, 2.05) is 49.5 Å². The van der Waals surface area contributed by atoms with Crippen LogP contribution in [0.25, 0.3) is 0 Å². The minimum atomic E-state index is -4.67. The fourth-order valence-electron chi connectivity index (χ4n) is 5.26. The second kappa shape index (κ2) is 38.8. The monoisotopic (exact) mass is 826 g/mol. The van der Waals surface area contributed by atoms with Crippen LogP contribution in [0.5, 0.6) is 0 Å². The van der Waals surface area contributed by atoms with E-state index in [9.17, 15) is 34.4 Å². The first-order valence-electron chi connectivity index (χ1n) is 21.1. The van der Waals surface area contributed by atoms with Gasteiger partial charge in [0.15, 0.2) is 6.10 Å². The highest BCUT2D eigenvalue weighted by Gasteiger charge is 2.27. The molecule has 0 heterocycles. The Labute approximate surface area is 343 Å². The van der Waals surface area contributed by atoms with Crippen LogP contribution >= 0.6 is 7.82 Å². The first kappa shape index (κ1) is 54.3. The Hall–Kier alpha value is -2.67. The van der Waals surface area contributed by atoms with Crippen LogP contribution in [-0.4, -0.2) is 88.1 Å². The van der Waals surface area contributed by atoms with Gasteiger partial charge in [-0.05, 0) is 38.5 Å². The number of aliphatic hydroxyl groups is 4. The van der Waals surface area contributed by atoms with Crippen molar-refractivity contribution in [3.63, 3.8) is 0 Å². The number of esters is 2. The van der Waals surface area contributed by atoms with Gasteiger partial charge in [0.05, 0.1) is 32.0 Å². The summed E-state index contributed by atoms with van der Waals surface area (Å²) in [5.41, 5.74) is 0. The van der Waals surface area contributed by atoms with Gasteiger partial charge in [0, 0.05) is 12.8 Å². The maximum atomic E-state index is 12.6. The number of ether oxygens (including phenoxy) is 2. The molecule has 0 spiro atoms. The molecule has 5 atom stereocenters. The molecule has 0 aliphatic heterocycles. The molecule has 0 fully saturated rings. The summed E-state index contributed by atoms with van der Waals surface area (Å²) < 4.78 is 32.5. The summed E-state index contributed by atoms with van der Waals surface area (Å²) in [6, 6.07) is 0. The molecule has 328 valence electrons. The SMILES string of the molecule is CC/C=C\C[C@H](O)/C=C/C=C\C/C=C\C=C\[C@H](O)/C=C\CCCC(=O)O[C@H](COC(=O)CCCCCCCCCCCCCCC)COP(=O)(O)OC[C@@H](O)CO. The van der Waals surface area contributed by atoms with Gasteiger partial charge in [0.25, 0.3) is 0 Å². The molecule has 0 aromatic rings. The van der Waals surface area contributed by atoms with Crippen molar-refractivity contribution in [1.29, 1.82) is 0 Å². The standard InChI is InChI=1S/C44H75O12P/c1-3-5-7-8-9-10-11-12-13-14-18-21-27-33-43(49)53-37-42(38-55-57(51,52)54-36-41(48)35-45)56-44(50)34-28-22-26-32-40(47)31-25-20-17-15-16-19-24-30-39(46)29-23-6-4-2/h6,16-17,19-20,23-26,30-32,39-42,45-48H,3-5,7-15,18,21-22,27-29,33-38H2,1-2H3,(H,51,52)/b19-16-,20-17-,23-6-,30-24+,31-25+,32-26-/t39-,40-,41-,42+/m0/s1. The van der Waals surface area contributed by atoms with Gasteiger partial charge in [-0.25, -0.2) is 4.57 Å². The average molecular weight is 827 g/mol. The lowest BCUT2D eigenvalue weighted by Gasteiger charge is -2.20. The zero-order valence-corrected chi connectivity index (χ0v) is 35.6. The average Bonchev–Trinajstić information content (AvgIpc) is 3.19. The summed E-state index contributed by atoms with van der Waals surface area (Å²) in [4.78, 5) is 34.9. The molecule has 0 aliphatic rings. The first-order chi connectivity index (χ1) is 27.5. The van der Waals surface area contributed by atoms with E-state index in [0.717, 1.165) is 25.7 Å². The van der Waals surface area contributed by atoms with E-state index in [4.69, 9.17) is 19.1 Å². The van der Waals surface area contributed by atoms with Crippen LogP contribution in [0.1, 0.15) is 142 Å². The van der Waals surface area contributed by atoms with Crippen LogP contribution in [-0.2, 0) is 32.7 Å². The molecule has 0 aliphatic carbocycles. The lowest BCUT2D eigenvalue weighted by atomic mass is 10.0. The Balaban J connectivity index is 4.59. The van der Waals surface area contributed by atoms with Crippen LogP contribution in [0.3, 0.4) is 0 Å². The summed E-state index contributed by atoms with van der Waals surface area (Å²) in [5, 5.41) is 38.3. The molecule has 0 amide bonds. The Bertz CT molecular complexity index is 1210. The van der Waals surface area contributed by atoms with Gasteiger partial charge in [-0.1, -0.05) is 164 Å². The van der Waals surface area contributed by atoms with E-state index < -0.39 is 64.0 Å². The Morgan fingerprint density at radius 3 is 1.82 bits per heavy atom. The normalized spacial score (nSPS) is 15.7. The van der Waals surface area contributed by atoms with Gasteiger partial charge in [0.1, 0.15) is 12.7 Å². The van der Waals surface area contributed by atoms with Crippen molar-refractivity contribution < 1.29 is 58.0 Å². The summed E-state index contributed by atoms with van der Waals surface area (Å²) >= 11 is 0. The van der Waals surface area contributed by atoms with Crippen LogP contribution in [0.15, 0.2) is 72.9 Å². The molecule has 0 saturated heterocycles. The zero-order chi connectivity index (χ0) is 42.2. The van der Waals surface area contributed by atoms with E-state index in [-0.39, 0.29) is 19.4 Å². The molecule has 12 nitrogen and oxygen atoms in total. The molecule has 0 bridgehead atoms. The lowest BCUT2D eigenvalue weighted by molar-refractivity contribution is -0.161. The summed E-state index contributed by atoms with van der Waals surface area (Å²) in [5.74, 6) is -1.11. The van der Waals surface area contributed by atoms with Crippen LogP contribution in [0, 0.1) is 0 Å². The summed E-state index contributed by atoms with van der Waals surface area (Å²) in [6.45, 7) is 1.95. The molecule has 0 radical (unpaired) electrons. The second-order valence-electron chi connectivity index (χ2n) is 14.0. The highest BCUT2D eigenvalue weighted by molar-refractivity contribution is 7.47. The molecule has 0 aromatic carbocycles. The van der Waals surface area contributed by atoms with Crippen molar-refractivity contribution in [1.82, 2.24) is 0 Å².